The number of nitrogens with zero attached hydrogens (tertiary/aromatic N) is 3. The van der Waals surface area contributed by atoms with Crippen molar-refractivity contribution in [3.05, 3.63) is 11.9 Å². The van der Waals surface area contributed by atoms with Crippen molar-refractivity contribution in [2.45, 2.75) is 32.4 Å². The molecule has 8 nitrogen and oxygen atoms in total. The lowest BCUT2D eigenvalue weighted by atomic mass is 10.2. The highest BCUT2D eigenvalue weighted by atomic mass is 16.4. The molecule has 1 atom stereocenters. The van der Waals surface area contributed by atoms with Gasteiger partial charge in [-0.1, -0.05) is 5.21 Å². The van der Waals surface area contributed by atoms with Crippen molar-refractivity contribution < 1.29 is 14.7 Å². The van der Waals surface area contributed by atoms with Gasteiger partial charge in [-0.25, -0.2) is 14.3 Å². The SMILES string of the molecule is CC(NC(=O)NCCn1cc(C(=O)O)nn1)C1CC1. The Bertz CT molecular complexity index is 469. The van der Waals surface area contributed by atoms with Crippen LogP contribution >= 0.6 is 0 Å². The molecule has 0 bridgehead atoms. The Morgan fingerprint density at radius 3 is 2.89 bits per heavy atom. The fourth-order valence-corrected chi connectivity index (χ4v) is 1.76. The van der Waals surface area contributed by atoms with Crippen LogP contribution < -0.4 is 10.6 Å². The van der Waals surface area contributed by atoms with Crippen LogP contribution in [0.15, 0.2) is 6.20 Å². The lowest BCUT2D eigenvalue weighted by molar-refractivity contribution is 0.0690. The Labute approximate surface area is 110 Å². The monoisotopic (exact) mass is 267 g/mol. The molecule has 2 rings (SSSR count). The van der Waals surface area contributed by atoms with Crippen LogP contribution in [-0.4, -0.2) is 44.7 Å². The average molecular weight is 267 g/mol. The first-order chi connectivity index (χ1) is 9.06. The van der Waals surface area contributed by atoms with Gasteiger partial charge in [0.2, 0.25) is 0 Å². The molecule has 0 saturated heterocycles. The smallest absolute Gasteiger partial charge is 0.358 e. The zero-order valence-corrected chi connectivity index (χ0v) is 10.7. The number of aromatic carboxylic acids is 1. The van der Waals surface area contributed by atoms with Gasteiger partial charge in [-0.2, -0.15) is 0 Å². The molecule has 8 heteroatoms. The highest BCUT2D eigenvalue weighted by Gasteiger charge is 2.28. The number of carbonyl (C=O) groups excluding carboxylic acids is 1. The minimum absolute atomic E-state index is 0.105. The van der Waals surface area contributed by atoms with Crippen LogP contribution in [0.25, 0.3) is 0 Å². The summed E-state index contributed by atoms with van der Waals surface area (Å²) in [4.78, 5) is 22.1. The van der Waals surface area contributed by atoms with E-state index >= 15 is 0 Å². The summed E-state index contributed by atoms with van der Waals surface area (Å²) < 4.78 is 1.38. The van der Waals surface area contributed by atoms with Gasteiger partial charge in [0.15, 0.2) is 5.69 Å². The Morgan fingerprint density at radius 2 is 2.32 bits per heavy atom. The summed E-state index contributed by atoms with van der Waals surface area (Å²) in [6.45, 7) is 2.74. The van der Waals surface area contributed by atoms with Crippen LogP contribution in [-0.2, 0) is 6.54 Å². The molecule has 1 unspecified atom stereocenters. The lowest BCUT2D eigenvalue weighted by Crippen LogP contribution is -2.42. The van der Waals surface area contributed by atoms with Gasteiger partial charge in [-0.3, -0.25) is 0 Å². The van der Waals surface area contributed by atoms with Gasteiger partial charge in [-0.15, -0.1) is 5.10 Å². The molecule has 1 aliphatic carbocycles. The lowest BCUT2D eigenvalue weighted by Gasteiger charge is -2.13. The van der Waals surface area contributed by atoms with Crippen LogP contribution in [0.2, 0.25) is 0 Å². The summed E-state index contributed by atoms with van der Waals surface area (Å²) >= 11 is 0. The first kappa shape index (κ1) is 13.3. The van der Waals surface area contributed by atoms with Crippen LogP contribution in [0.1, 0.15) is 30.3 Å². The topological polar surface area (TPSA) is 109 Å². The Morgan fingerprint density at radius 1 is 1.58 bits per heavy atom. The number of carboxylic acids is 1. The molecule has 0 radical (unpaired) electrons. The molecule has 1 saturated carbocycles. The van der Waals surface area contributed by atoms with Crippen molar-refractivity contribution in [3.63, 3.8) is 0 Å². The van der Waals surface area contributed by atoms with Crippen molar-refractivity contribution in [1.29, 1.82) is 0 Å². The van der Waals surface area contributed by atoms with Crippen molar-refractivity contribution in [2.75, 3.05) is 6.54 Å². The molecule has 0 spiro atoms. The summed E-state index contributed by atoms with van der Waals surface area (Å²) in [6.07, 6.45) is 3.69. The molecular formula is C11H17N5O3. The number of nitrogens with one attached hydrogen (secondary N) is 2. The average Bonchev–Trinajstić information content (AvgIpc) is 3.09. The van der Waals surface area contributed by atoms with E-state index in [0.29, 0.717) is 19.0 Å². The van der Waals surface area contributed by atoms with E-state index < -0.39 is 5.97 Å². The molecular weight excluding hydrogens is 250 g/mol. The maximum absolute atomic E-state index is 11.5. The minimum Gasteiger partial charge on any atom is -0.476 e. The number of urea groups is 1. The predicted octanol–water partition coefficient (Wildman–Crippen LogP) is 0.0740. The predicted molar refractivity (Wildman–Crippen MR) is 65.7 cm³/mol. The maximum atomic E-state index is 11.5. The number of aromatic nitrogens is 3. The molecule has 0 aliphatic heterocycles. The fourth-order valence-electron chi connectivity index (χ4n) is 1.76. The minimum atomic E-state index is -1.12. The fraction of sp³-hybridized carbons (Fsp3) is 0.636. The highest BCUT2D eigenvalue weighted by Crippen LogP contribution is 2.32. The Hall–Kier alpha value is -2.12. The van der Waals surface area contributed by atoms with Gasteiger partial charge in [0.05, 0.1) is 12.7 Å². The maximum Gasteiger partial charge on any atom is 0.358 e. The highest BCUT2D eigenvalue weighted by molar-refractivity contribution is 5.84. The van der Waals surface area contributed by atoms with E-state index in [1.54, 1.807) is 0 Å². The molecule has 1 heterocycles. The normalized spacial score (nSPS) is 15.8. The van der Waals surface area contributed by atoms with Crippen molar-refractivity contribution in [3.8, 4) is 0 Å². The van der Waals surface area contributed by atoms with E-state index in [-0.39, 0.29) is 17.8 Å². The van der Waals surface area contributed by atoms with Crippen molar-refractivity contribution in [1.82, 2.24) is 25.6 Å². The molecule has 1 fully saturated rings. The molecule has 2 amide bonds. The standard InChI is InChI=1S/C11H17N5O3/c1-7(8-2-3-8)13-11(19)12-4-5-16-6-9(10(17)18)14-15-16/h6-8H,2-5H2,1H3,(H,17,18)(H2,12,13,19). The first-order valence-corrected chi connectivity index (χ1v) is 6.24. The van der Waals surface area contributed by atoms with Crippen LogP contribution in [0.4, 0.5) is 4.79 Å². The summed E-state index contributed by atoms with van der Waals surface area (Å²) in [7, 11) is 0. The third-order valence-electron chi connectivity index (χ3n) is 3.07. The molecule has 1 aromatic heterocycles. The Balaban J connectivity index is 1.67. The van der Waals surface area contributed by atoms with E-state index in [0.717, 1.165) is 0 Å². The van der Waals surface area contributed by atoms with Crippen LogP contribution in [0.5, 0.6) is 0 Å². The van der Waals surface area contributed by atoms with Gasteiger partial charge in [0, 0.05) is 12.6 Å². The van der Waals surface area contributed by atoms with Gasteiger partial charge in [0.1, 0.15) is 0 Å². The molecule has 1 aromatic rings. The molecule has 104 valence electrons. The number of hydrogen-bond donors (Lipinski definition) is 3. The third kappa shape index (κ3) is 3.94. The first-order valence-electron chi connectivity index (χ1n) is 6.24. The summed E-state index contributed by atoms with van der Waals surface area (Å²) in [5.74, 6) is -0.505. The largest absolute Gasteiger partial charge is 0.476 e. The number of hydrogen-bond acceptors (Lipinski definition) is 4. The van der Waals surface area contributed by atoms with E-state index in [2.05, 4.69) is 20.9 Å². The summed E-state index contributed by atoms with van der Waals surface area (Å²) in [5, 5.41) is 21.4. The van der Waals surface area contributed by atoms with Crippen molar-refractivity contribution in [2.24, 2.45) is 5.92 Å². The van der Waals surface area contributed by atoms with E-state index in [9.17, 15) is 9.59 Å². The zero-order valence-electron chi connectivity index (χ0n) is 10.7. The van der Waals surface area contributed by atoms with Gasteiger partial charge < -0.3 is 15.7 Å². The van der Waals surface area contributed by atoms with E-state index in [1.807, 2.05) is 6.92 Å². The van der Waals surface area contributed by atoms with Crippen LogP contribution in [0, 0.1) is 5.92 Å². The molecule has 1 aliphatic rings. The number of amides is 2. The second-order valence-corrected chi connectivity index (χ2v) is 4.70. The summed E-state index contributed by atoms with van der Waals surface area (Å²) in [5.41, 5.74) is -0.105. The summed E-state index contributed by atoms with van der Waals surface area (Å²) in [6, 6.07) is -0.0112. The van der Waals surface area contributed by atoms with E-state index in [1.165, 1.54) is 23.7 Å². The zero-order chi connectivity index (χ0) is 13.8. The number of carboxylic acid groups (broad SMARTS) is 1. The number of rotatable bonds is 6. The molecule has 0 aromatic carbocycles. The van der Waals surface area contributed by atoms with Gasteiger partial charge in [0.25, 0.3) is 0 Å². The van der Waals surface area contributed by atoms with E-state index in [4.69, 9.17) is 5.11 Å². The van der Waals surface area contributed by atoms with Gasteiger partial charge >= 0.3 is 12.0 Å². The van der Waals surface area contributed by atoms with Crippen LogP contribution in [0.3, 0.4) is 0 Å². The molecule has 3 N–H and O–H groups in total. The van der Waals surface area contributed by atoms with Crippen molar-refractivity contribution >= 4 is 12.0 Å². The second-order valence-electron chi connectivity index (χ2n) is 4.70. The van der Waals surface area contributed by atoms with Gasteiger partial charge in [-0.05, 0) is 25.7 Å². The number of carbonyl (C=O) groups is 2. The molecule has 19 heavy (non-hydrogen) atoms. The third-order valence-corrected chi connectivity index (χ3v) is 3.07. The second kappa shape index (κ2) is 5.68. The quantitative estimate of drug-likeness (QED) is 0.676. The Kier molecular flexibility index (Phi) is 3.98.